The van der Waals surface area contributed by atoms with Crippen molar-refractivity contribution >= 4 is 11.9 Å². The van der Waals surface area contributed by atoms with E-state index in [-0.39, 0.29) is 11.8 Å². The molecule has 0 aliphatic heterocycles. The van der Waals surface area contributed by atoms with Crippen LogP contribution in [0.5, 0.6) is 0 Å². The standard InChI is InChI=1S/C17H31NO3/c1-5-6-7-12-8-10-13(11-9-12)15(19)18-14(16(20)21)17(2,3)4/h12-14H,5-11H2,1-4H3,(H,18,19)(H,20,21)/t12?,13?,14-/m0/s1. The average molecular weight is 297 g/mol. The van der Waals surface area contributed by atoms with Crippen molar-refractivity contribution in [1.82, 2.24) is 5.32 Å². The maximum absolute atomic E-state index is 12.3. The van der Waals surface area contributed by atoms with Gasteiger partial charge in [-0.15, -0.1) is 0 Å². The molecule has 1 amide bonds. The number of carboxylic acids is 1. The summed E-state index contributed by atoms with van der Waals surface area (Å²) < 4.78 is 0. The van der Waals surface area contributed by atoms with Crippen molar-refractivity contribution in [2.75, 3.05) is 0 Å². The number of unbranched alkanes of at least 4 members (excludes halogenated alkanes) is 1. The molecular formula is C17H31NO3. The van der Waals surface area contributed by atoms with E-state index in [0.29, 0.717) is 0 Å². The van der Waals surface area contributed by atoms with Gasteiger partial charge < -0.3 is 10.4 Å². The predicted octanol–water partition coefficient (Wildman–Crippen LogP) is 3.60. The van der Waals surface area contributed by atoms with Gasteiger partial charge in [0.15, 0.2) is 0 Å². The van der Waals surface area contributed by atoms with Gasteiger partial charge in [-0.2, -0.15) is 0 Å². The minimum atomic E-state index is -0.951. The second-order valence-corrected chi connectivity index (χ2v) is 7.51. The second kappa shape index (κ2) is 7.81. The lowest BCUT2D eigenvalue weighted by atomic mass is 9.79. The van der Waals surface area contributed by atoms with E-state index < -0.39 is 17.4 Å². The molecule has 21 heavy (non-hydrogen) atoms. The normalized spacial score (nSPS) is 24.4. The summed E-state index contributed by atoms with van der Waals surface area (Å²) in [4.78, 5) is 23.6. The number of nitrogens with one attached hydrogen (secondary N) is 1. The summed E-state index contributed by atoms with van der Waals surface area (Å²) >= 11 is 0. The Balaban J connectivity index is 2.48. The molecule has 1 fully saturated rings. The topological polar surface area (TPSA) is 66.4 Å². The Morgan fingerprint density at radius 2 is 1.76 bits per heavy atom. The Bertz CT molecular complexity index is 352. The van der Waals surface area contributed by atoms with Crippen LogP contribution in [0.4, 0.5) is 0 Å². The zero-order chi connectivity index (χ0) is 16.0. The largest absolute Gasteiger partial charge is 0.480 e. The molecule has 1 saturated carbocycles. The van der Waals surface area contributed by atoms with E-state index in [9.17, 15) is 14.7 Å². The first-order chi connectivity index (χ1) is 9.75. The van der Waals surface area contributed by atoms with E-state index in [4.69, 9.17) is 0 Å². The van der Waals surface area contributed by atoms with E-state index in [1.54, 1.807) is 0 Å². The molecule has 1 aliphatic rings. The minimum absolute atomic E-state index is 0.00734. The highest BCUT2D eigenvalue weighted by molar-refractivity contribution is 5.85. The van der Waals surface area contributed by atoms with Crippen LogP contribution in [0.2, 0.25) is 0 Å². The third-order valence-electron chi connectivity index (χ3n) is 4.58. The molecule has 0 spiro atoms. The Labute approximate surface area is 128 Å². The lowest BCUT2D eigenvalue weighted by Crippen LogP contribution is -2.51. The Morgan fingerprint density at radius 3 is 2.19 bits per heavy atom. The van der Waals surface area contributed by atoms with Crippen molar-refractivity contribution in [1.29, 1.82) is 0 Å². The minimum Gasteiger partial charge on any atom is -0.480 e. The van der Waals surface area contributed by atoms with Crippen LogP contribution in [-0.2, 0) is 9.59 Å². The average Bonchev–Trinajstić information content (AvgIpc) is 2.41. The molecule has 0 radical (unpaired) electrons. The summed E-state index contributed by atoms with van der Waals surface area (Å²) in [6.07, 6.45) is 7.77. The highest BCUT2D eigenvalue weighted by Crippen LogP contribution is 2.32. The van der Waals surface area contributed by atoms with Crippen LogP contribution in [0.1, 0.15) is 72.6 Å². The van der Waals surface area contributed by atoms with Crippen molar-refractivity contribution in [3.63, 3.8) is 0 Å². The van der Waals surface area contributed by atoms with E-state index in [2.05, 4.69) is 12.2 Å². The van der Waals surface area contributed by atoms with Crippen molar-refractivity contribution < 1.29 is 14.7 Å². The Morgan fingerprint density at radius 1 is 1.19 bits per heavy atom. The first kappa shape index (κ1) is 18.0. The number of hydrogen-bond donors (Lipinski definition) is 2. The molecule has 0 aromatic carbocycles. The van der Waals surface area contributed by atoms with Crippen LogP contribution >= 0.6 is 0 Å². The van der Waals surface area contributed by atoms with Crippen molar-refractivity contribution in [3.8, 4) is 0 Å². The van der Waals surface area contributed by atoms with Gasteiger partial charge in [0.05, 0.1) is 0 Å². The van der Waals surface area contributed by atoms with E-state index in [1.165, 1.54) is 19.3 Å². The maximum atomic E-state index is 12.3. The number of carbonyl (C=O) groups excluding carboxylic acids is 1. The molecule has 122 valence electrons. The van der Waals surface area contributed by atoms with Crippen molar-refractivity contribution in [3.05, 3.63) is 0 Å². The van der Waals surface area contributed by atoms with Gasteiger partial charge in [-0.3, -0.25) is 4.79 Å². The molecule has 0 bridgehead atoms. The summed E-state index contributed by atoms with van der Waals surface area (Å²) in [6.45, 7) is 7.73. The molecule has 0 aromatic rings. The zero-order valence-corrected chi connectivity index (χ0v) is 13.9. The van der Waals surface area contributed by atoms with Crippen LogP contribution in [0, 0.1) is 17.3 Å². The molecular weight excluding hydrogens is 266 g/mol. The van der Waals surface area contributed by atoms with Gasteiger partial charge in [-0.1, -0.05) is 47.0 Å². The summed E-state index contributed by atoms with van der Waals surface area (Å²) in [6, 6.07) is -0.817. The van der Waals surface area contributed by atoms with Crippen LogP contribution < -0.4 is 5.32 Å². The molecule has 0 saturated heterocycles. The summed E-state index contributed by atoms with van der Waals surface area (Å²) in [7, 11) is 0. The fourth-order valence-corrected chi connectivity index (χ4v) is 3.11. The van der Waals surface area contributed by atoms with Crippen LogP contribution in [0.3, 0.4) is 0 Å². The molecule has 1 rings (SSSR count). The van der Waals surface area contributed by atoms with E-state index in [0.717, 1.165) is 31.6 Å². The van der Waals surface area contributed by atoms with Gasteiger partial charge in [-0.05, 0) is 37.0 Å². The molecule has 1 atom stereocenters. The highest BCUT2D eigenvalue weighted by Gasteiger charge is 2.35. The third-order valence-corrected chi connectivity index (χ3v) is 4.58. The molecule has 4 nitrogen and oxygen atoms in total. The van der Waals surface area contributed by atoms with Crippen LogP contribution in [0.15, 0.2) is 0 Å². The Hall–Kier alpha value is -1.06. The fraction of sp³-hybridized carbons (Fsp3) is 0.882. The molecule has 0 unspecified atom stereocenters. The van der Waals surface area contributed by atoms with Gasteiger partial charge in [0.2, 0.25) is 5.91 Å². The van der Waals surface area contributed by atoms with Crippen molar-refractivity contribution in [2.24, 2.45) is 17.3 Å². The first-order valence-electron chi connectivity index (χ1n) is 8.28. The molecule has 4 heteroatoms. The van der Waals surface area contributed by atoms with E-state index >= 15 is 0 Å². The van der Waals surface area contributed by atoms with E-state index in [1.807, 2.05) is 20.8 Å². The number of aliphatic carboxylic acids is 1. The fourth-order valence-electron chi connectivity index (χ4n) is 3.11. The smallest absolute Gasteiger partial charge is 0.326 e. The molecule has 2 N–H and O–H groups in total. The monoisotopic (exact) mass is 297 g/mol. The van der Waals surface area contributed by atoms with Crippen LogP contribution in [-0.4, -0.2) is 23.0 Å². The predicted molar refractivity (Wildman–Crippen MR) is 84.0 cm³/mol. The number of rotatable bonds is 6. The highest BCUT2D eigenvalue weighted by atomic mass is 16.4. The SMILES string of the molecule is CCCCC1CCC(C(=O)N[C@@H](C(=O)O)C(C)(C)C)CC1. The quantitative estimate of drug-likeness (QED) is 0.787. The molecule has 0 heterocycles. The van der Waals surface area contributed by atoms with Gasteiger partial charge in [0, 0.05) is 5.92 Å². The maximum Gasteiger partial charge on any atom is 0.326 e. The lowest BCUT2D eigenvalue weighted by molar-refractivity contribution is -0.145. The second-order valence-electron chi connectivity index (χ2n) is 7.51. The zero-order valence-electron chi connectivity index (χ0n) is 13.9. The van der Waals surface area contributed by atoms with Gasteiger partial charge in [-0.25, -0.2) is 4.79 Å². The summed E-state index contributed by atoms with van der Waals surface area (Å²) in [5.41, 5.74) is -0.472. The molecule has 1 aliphatic carbocycles. The number of carbonyl (C=O) groups is 2. The molecule has 0 aromatic heterocycles. The third kappa shape index (κ3) is 5.68. The number of carboxylic acid groups (broad SMARTS) is 1. The lowest BCUT2D eigenvalue weighted by Gasteiger charge is -2.32. The van der Waals surface area contributed by atoms with Gasteiger partial charge in [0.25, 0.3) is 0 Å². The first-order valence-corrected chi connectivity index (χ1v) is 8.28. The Kier molecular flexibility index (Phi) is 6.69. The summed E-state index contributed by atoms with van der Waals surface area (Å²) in [5, 5.41) is 12.0. The number of hydrogen-bond acceptors (Lipinski definition) is 2. The van der Waals surface area contributed by atoms with Gasteiger partial charge >= 0.3 is 5.97 Å². The van der Waals surface area contributed by atoms with Crippen molar-refractivity contribution in [2.45, 2.75) is 78.7 Å². The summed E-state index contributed by atoms with van der Waals surface area (Å²) in [5.74, 6) is -0.280. The number of amides is 1. The van der Waals surface area contributed by atoms with Crippen LogP contribution in [0.25, 0.3) is 0 Å². The van der Waals surface area contributed by atoms with Gasteiger partial charge in [0.1, 0.15) is 6.04 Å².